The maximum Gasteiger partial charge on any atom is 0.152 e. The lowest BCUT2D eigenvalue weighted by atomic mass is 9.96. The molecule has 0 saturated heterocycles. The van der Waals surface area contributed by atoms with Crippen molar-refractivity contribution in [2.24, 2.45) is 11.7 Å². The third-order valence-electron chi connectivity index (χ3n) is 1.88. The van der Waals surface area contributed by atoms with E-state index in [2.05, 4.69) is 6.58 Å². The average Bonchev–Trinajstić information content (AvgIpc) is 2.02. The van der Waals surface area contributed by atoms with Crippen LogP contribution < -0.4 is 5.73 Å². The number of carbonyl (C=O) groups is 1. The van der Waals surface area contributed by atoms with Crippen molar-refractivity contribution in [1.82, 2.24) is 0 Å². The van der Waals surface area contributed by atoms with E-state index >= 15 is 0 Å². The lowest BCUT2D eigenvalue weighted by molar-refractivity contribution is -0.123. The molecule has 2 unspecified atom stereocenters. The highest BCUT2D eigenvalue weighted by atomic mass is 16.1. The molecule has 64 valence electrons. The molecule has 2 N–H and O–H groups in total. The summed E-state index contributed by atoms with van der Waals surface area (Å²) in [5.74, 6) is 0.234. The summed E-state index contributed by atoms with van der Waals surface area (Å²) in [6.07, 6.45) is 3.14. The summed E-state index contributed by atoms with van der Waals surface area (Å²) >= 11 is 0. The molecule has 0 aromatic heterocycles. The quantitative estimate of drug-likeness (QED) is 0.611. The third-order valence-corrected chi connectivity index (χ3v) is 1.88. The zero-order valence-corrected chi connectivity index (χ0v) is 7.34. The first-order valence-corrected chi connectivity index (χ1v) is 4.03. The van der Waals surface area contributed by atoms with Gasteiger partial charge in [0.2, 0.25) is 0 Å². The van der Waals surface area contributed by atoms with Gasteiger partial charge in [-0.05, 0) is 12.8 Å². The van der Waals surface area contributed by atoms with Crippen molar-refractivity contribution < 1.29 is 4.79 Å². The van der Waals surface area contributed by atoms with Gasteiger partial charge in [0.1, 0.15) is 0 Å². The first-order chi connectivity index (χ1) is 5.13. The van der Waals surface area contributed by atoms with E-state index in [0.29, 0.717) is 6.42 Å². The van der Waals surface area contributed by atoms with Crippen LogP contribution >= 0.6 is 0 Å². The van der Waals surface area contributed by atoms with Crippen molar-refractivity contribution in [1.29, 1.82) is 0 Å². The topological polar surface area (TPSA) is 43.1 Å². The first-order valence-electron chi connectivity index (χ1n) is 4.03. The second-order valence-corrected chi connectivity index (χ2v) is 2.84. The van der Waals surface area contributed by atoms with Crippen molar-refractivity contribution in [3.8, 4) is 0 Å². The van der Waals surface area contributed by atoms with Crippen LogP contribution in [0.15, 0.2) is 12.7 Å². The molecule has 0 aromatic rings. The van der Waals surface area contributed by atoms with E-state index in [1.165, 1.54) is 0 Å². The standard InChI is InChI=1S/C9H17NO/c1-4-6-8(10)9(11)7(3)5-2/h4,7-8H,1,5-6,10H2,2-3H3. The molecule has 0 fully saturated rings. The number of nitrogens with two attached hydrogens (primary N) is 1. The second-order valence-electron chi connectivity index (χ2n) is 2.84. The Bertz CT molecular complexity index is 142. The lowest BCUT2D eigenvalue weighted by Crippen LogP contribution is -2.33. The summed E-state index contributed by atoms with van der Waals surface area (Å²) in [5.41, 5.74) is 5.58. The van der Waals surface area contributed by atoms with Gasteiger partial charge in [0.05, 0.1) is 6.04 Å². The van der Waals surface area contributed by atoms with Crippen molar-refractivity contribution in [3.63, 3.8) is 0 Å². The third kappa shape index (κ3) is 3.33. The molecule has 0 aliphatic heterocycles. The van der Waals surface area contributed by atoms with E-state index in [9.17, 15) is 4.79 Å². The molecule has 0 spiro atoms. The smallest absolute Gasteiger partial charge is 0.152 e. The van der Waals surface area contributed by atoms with E-state index in [1.807, 2.05) is 13.8 Å². The predicted octanol–water partition coefficient (Wildman–Crippen LogP) is 1.50. The SMILES string of the molecule is C=CCC(N)C(=O)C(C)CC. The summed E-state index contributed by atoms with van der Waals surface area (Å²) in [4.78, 5) is 11.3. The molecular weight excluding hydrogens is 138 g/mol. The highest BCUT2D eigenvalue weighted by Crippen LogP contribution is 2.06. The van der Waals surface area contributed by atoms with Gasteiger partial charge >= 0.3 is 0 Å². The van der Waals surface area contributed by atoms with Crippen LogP contribution in [0.3, 0.4) is 0 Å². The van der Waals surface area contributed by atoms with Crippen molar-refractivity contribution >= 4 is 5.78 Å². The zero-order valence-electron chi connectivity index (χ0n) is 7.34. The fourth-order valence-corrected chi connectivity index (χ4v) is 0.862. The number of rotatable bonds is 5. The number of hydrogen-bond acceptors (Lipinski definition) is 2. The van der Waals surface area contributed by atoms with Crippen LogP contribution in [-0.2, 0) is 4.79 Å². The molecule has 0 amide bonds. The maximum absolute atomic E-state index is 11.3. The van der Waals surface area contributed by atoms with Gasteiger partial charge in [0.15, 0.2) is 5.78 Å². The van der Waals surface area contributed by atoms with Crippen LogP contribution in [0.2, 0.25) is 0 Å². The summed E-state index contributed by atoms with van der Waals surface area (Å²) in [5, 5.41) is 0. The summed E-state index contributed by atoms with van der Waals surface area (Å²) in [7, 11) is 0. The maximum atomic E-state index is 11.3. The minimum atomic E-state index is -0.345. The molecule has 0 bridgehead atoms. The molecule has 0 aliphatic rings. The van der Waals surface area contributed by atoms with E-state index < -0.39 is 0 Å². The second kappa shape index (κ2) is 5.08. The number of ketones is 1. The Morgan fingerprint density at radius 3 is 2.64 bits per heavy atom. The van der Waals surface area contributed by atoms with Crippen LogP contribution in [0.4, 0.5) is 0 Å². The fraction of sp³-hybridized carbons (Fsp3) is 0.667. The van der Waals surface area contributed by atoms with Gasteiger partial charge < -0.3 is 5.73 Å². The summed E-state index contributed by atoms with van der Waals surface area (Å²) < 4.78 is 0. The molecule has 0 aliphatic carbocycles. The zero-order chi connectivity index (χ0) is 8.85. The van der Waals surface area contributed by atoms with E-state index in [-0.39, 0.29) is 17.7 Å². The van der Waals surface area contributed by atoms with Crippen LogP contribution in [-0.4, -0.2) is 11.8 Å². The Hall–Kier alpha value is -0.630. The number of hydrogen-bond donors (Lipinski definition) is 1. The summed E-state index contributed by atoms with van der Waals surface area (Å²) in [6, 6.07) is -0.345. The van der Waals surface area contributed by atoms with Crippen molar-refractivity contribution in [2.45, 2.75) is 32.7 Å². The minimum absolute atomic E-state index is 0.0879. The molecule has 0 heterocycles. The molecule has 11 heavy (non-hydrogen) atoms. The largest absolute Gasteiger partial charge is 0.321 e. The van der Waals surface area contributed by atoms with E-state index in [1.54, 1.807) is 6.08 Å². The predicted molar refractivity (Wildman–Crippen MR) is 47.3 cm³/mol. The van der Waals surface area contributed by atoms with Crippen molar-refractivity contribution in [2.75, 3.05) is 0 Å². The van der Waals surface area contributed by atoms with Crippen LogP contribution in [0.1, 0.15) is 26.7 Å². The number of carbonyl (C=O) groups excluding carboxylic acids is 1. The molecular formula is C9H17NO. The monoisotopic (exact) mass is 155 g/mol. The molecule has 0 saturated carbocycles. The minimum Gasteiger partial charge on any atom is -0.321 e. The van der Waals surface area contributed by atoms with Gasteiger partial charge in [-0.3, -0.25) is 4.79 Å². The molecule has 0 rings (SSSR count). The summed E-state index contributed by atoms with van der Waals surface area (Å²) in [6.45, 7) is 7.43. The molecule has 2 nitrogen and oxygen atoms in total. The molecule has 0 aromatic carbocycles. The highest BCUT2D eigenvalue weighted by molar-refractivity contribution is 5.85. The van der Waals surface area contributed by atoms with Crippen LogP contribution in [0.25, 0.3) is 0 Å². The highest BCUT2D eigenvalue weighted by Gasteiger charge is 2.16. The Morgan fingerprint density at radius 2 is 2.27 bits per heavy atom. The van der Waals surface area contributed by atoms with Crippen LogP contribution in [0, 0.1) is 5.92 Å². The Morgan fingerprint density at radius 1 is 1.73 bits per heavy atom. The van der Waals surface area contributed by atoms with Gasteiger partial charge in [-0.2, -0.15) is 0 Å². The molecule has 2 atom stereocenters. The van der Waals surface area contributed by atoms with Gasteiger partial charge in [-0.25, -0.2) is 0 Å². The normalized spacial score (nSPS) is 15.5. The van der Waals surface area contributed by atoms with Gasteiger partial charge in [0, 0.05) is 5.92 Å². The van der Waals surface area contributed by atoms with E-state index in [4.69, 9.17) is 5.73 Å². The van der Waals surface area contributed by atoms with Crippen molar-refractivity contribution in [3.05, 3.63) is 12.7 Å². The van der Waals surface area contributed by atoms with Gasteiger partial charge in [-0.15, -0.1) is 6.58 Å². The Balaban J connectivity index is 3.90. The van der Waals surface area contributed by atoms with Crippen LogP contribution in [0.5, 0.6) is 0 Å². The van der Waals surface area contributed by atoms with Gasteiger partial charge in [0.25, 0.3) is 0 Å². The van der Waals surface area contributed by atoms with Gasteiger partial charge in [-0.1, -0.05) is 19.9 Å². The Labute approximate surface area is 68.5 Å². The number of Topliss-reactive ketones (excluding diaryl/α,β-unsaturated/α-hetero) is 1. The van der Waals surface area contributed by atoms with E-state index in [0.717, 1.165) is 6.42 Å². The lowest BCUT2D eigenvalue weighted by Gasteiger charge is -2.12. The molecule has 0 radical (unpaired) electrons. The fourth-order valence-electron chi connectivity index (χ4n) is 0.862. The average molecular weight is 155 g/mol. The first kappa shape index (κ1) is 10.4. The molecule has 2 heteroatoms. The Kier molecular flexibility index (Phi) is 4.79.